The van der Waals surface area contributed by atoms with Crippen LogP contribution in [0.1, 0.15) is 12.5 Å². The standard InChI is InChI=1S/C19H18N2O4/c1-3-25-16-10-9-13(12-17(16)24-2)11-15-18(22)20-21(19(15)23)14-7-5-4-6-8-14/h4-12H,3H2,1-2H3,(H,20,22)/b15-11+. The number of methoxy groups -OCH3 is 1. The van der Waals surface area contributed by atoms with Gasteiger partial charge in [-0.05, 0) is 42.8 Å². The number of amides is 2. The number of nitrogens with one attached hydrogen (secondary N) is 1. The molecule has 0 spiro atoms. The summed E-state index contributed by atoms with van der Waals surface area (Å²) < 4.78 is 10.8. The van der Waals surface area contributed by atoms with Crippen LogP contribution in [-0.4, -0.2) is 25.5 Å². The highest BCUT2D eigenvalue weighted by Gasteiger charge is 2.34. The predicted molar refractivity (Wildman–Crippen MR) is 94.2 cm³/mol. The van der Waals surface area contributed by atoms with E-state index in [2.05, 4.69) is 5.43 Å². The number of carbonyl (C=O) groups excluding carboxylic acids is 2. The van der Waals surface area contributed by atoms with Crippen molar-refractivity contribution in [2.45, 2.75) is 6.92 Å². The highest BCUT2D eigenvalue weighted by atomic mass is 16.5. The molecular formula is C19H18N2O4. The van der Waals surface area contributed by atoms with Crippen LogP contribution in [0.25, 0.3) is 6.08 Å². The van der Waals surface area contributed by atoms with Crippen LogP contribution in [0.5, 0.6) is 11.5 Å². The van der Waals surface area contributed by atoms with Crippen molar-refractivity contribution in [1.82, 2.24) is 5.43 Å². The SMILES string of the molecule is CCOc1ccc(/C=C2\C(=O)NN(c3ccccc3)C2=O)cc1OC. The summed E-state index contributed by atoms with van der Waals surface area (Å²) in [5.74, 6) is 0.313. The molecule has 2 amide bonds. The Hall–Kier alpha value is -3.28. The average molecular weight is 338 g/mol. The lowest BCUT2D eigenvalue weighted by Gasteiger charge is -2.13. The lowest BCUT2D eigenvalue weighted by molar-refractivity contribution is -0.117. The summed E-state index contributed by atoms with van der Waals surface area (Å²) >= 11 is 0. The van der Waals surface area contributed by atoms with Gasteiger partial charge in [-0.25, -0.2) is 5.01 Å². The third kappa shape index (κ3) is 3.33. The summed E-state index contributed by atoms with van der Waals surface area (Å²) in [7, 11) is 1.54. The van der Waals surface area contributed by atoms with E-state index in [-0.39, 0.29) is 5.57 Å². The van der Waals surface area contributed by atoms with E-state index in [4.69, 9.17) is 9.47 Å². The number of ether oxygens (including phenoxy) is 2. The molecule has 1 N–H and O–H groups in total. The van der Waals surface area contributed by atoms with Crippen LogP contribution in [0, 0.1) is 0 Å². The zero-order chi connectivity index (χ0) is 17.8. The van der Waals surface area contributed by atoms with Gasteiger partial charge in [-0.2, -0.15) is 0 Å². The average Bonchev–Trinajstić information content (AvgIpc) is 2.92. The van der Waals surface area contributed by atoms with Crippen molar-refractivity contribution >= 4 is 23.6 Å². The minimum Gasteiger partial charge on any atom is -0.493 e. The molecule has 0 aliphatic carbocycles. The fourth-order valence-electron chi connectivity index (χ4n) is 2.53. The Morgan fingerprint density at radius 1 is 1.08 bits per heavy atom. The van der Waals surface area contributed by atoms with Gasteiger partial charge in [0.15, 0.2) is 11.5 Å². The second kappa shape index (κ2) is 7.09. The number of para-hydroxylation sites is 1. The van der Waals surface area contributed by atoms with Gasteiger partial charge in [-0.1, -0.05) is 24.3 Å². The van der Waals surface area contributed by atoms with Gasteiger partial charge in [-0.15, -0.1) is 0 Å². The van der Waals surface area contributed by atoms with Gasteiger partial charge >= 0.3 is 0 Å². The Bertz CT molecular complexity index is 831. The van der Waals surface area contributed by atoms with Crippen molar-refractivity contribution in [3.05, 3.63) is 59.7 Å². The third-order valence-electron chi connectivity index (χ3n) is 3.70. The normalized spacial score (nSPS) is 15.4. The van der Waals surface area contributed by atoms with E-state index in [9.17, 15) is 9.59 Å². The number of rotatable bonds is 5. The Balaban J connectivity index is 1.91. The first kappa shape index (κ1) is 16.6. The maximum absolute atomic E-state index is 12.6. The summed E-state index contributed by atoms with van der Waals surface area (Å²) in [5, 5.41) is 1.24. The molecule has 0 atom stereocenters. The Kier molecular flexibility index (Phi) is 4.70. The molecule has 1 aliphatic rings. The zero-order valence-electron chi connectivity index (χ0n) is 14.0. The first-order valence-electron chi connectivity index (χ1n) is 7.87. The second-order valence-electron chi connectivity index (χ2n) is 5.32. The van der Waals surface area contributed by atoms with E-state index >= 15 is 0 Å². The maximum atomic E-state index is 12.6. The minimum absolute atomic E-state index is 0.0649. The van der Waals surface area contributed by atoms with E-state index in [1.165, 1.54) is 5.01 Å². The van der Waals surface area contributed by atoms with Crippen molar-refractivity contribution in [3.8, 4) is 11.5 Å². The van der Waals surface area contributed by atoms with E-state index in [0.29, 0.717) is 29.4 Å². The van der Waals surface area contributed by atoms with Gasteiger partial charge in [0, 0.05) is 0 Å². The number of hydrogen-bond acceptors (Lipinski definition) is 4. The molecule has 0 radical (unpaired) electrons. The predicted octanol–water partition coefficient (Wildman–Crippen LogP) is 2.56. The van der Waals surface area contributed by atoms with Gasteiger partial charge in [0.2, 0.25) is 0 Å². The number of anilines is 1. The molecule has 1 aliphatic heterocycles. The van der Waals surface area contributed by atoms with Crippen molar-refractivity contribution in [3.63, 3.8) is 0 Å². The molecule has 3 rings (SSSR count). The van der Waals surface area contributed by atoms with Crippen molar-refractivity contribution < 1.29 is 19.1 Å². The smallest absolute Gasteiger partial charge is 0.282 e. The first-order chi connectivity index (χ1) is 12.1. The summed E-state index contributed by atoms with van der Waals surface area (Å²) in [5.41, 5.74) is 3.92. The van der Waals surface area contributed by atoms with Gasteiger partial charge in [0.25, 0.3) is 11.8 Å². The largest absolute Gasteiger partial charge is 0.493 e. The molecule has 6 nitrogen and oxygen atoms in total. The number of carbonyl (C=O) groups is 2. The fraction of sp³-hybridized carbons (Fsp3) is 0.158. The number of benzene rings is 2. The molecule has 0 bridgehead atoms. The number of hydrogen-bond donors (Lipinski definition) is 1. The molecule has 6 heteroatoms. The Labute approximate surface area is 145 Å². The Morgan fingerprint density at radius 3 is 2.52 bits per heavy atom. The van der Waals surface area contributed by atoms with Crippen LogP contribution in [-0.2, 0) is 9.59 Å². The monoisotopic (exact) mass is 338 g/mol. The maximum Gasteiger partial charge on any atom is 0.282 e. The van der Waals surface area contributed by atoms with Gasteiger partial charge in [-0.3, -0.25) is 15.0 Å². The third-order valence-corrected chi connectivity index (χ3v) is 3.70. The van der Waals surface area contributed by atoms with Crippen LogP contribution in [0.2, 0.25) is 0 Å². The molecular weight excluding hydrogens is 320 g/mol. The lowest BCUT2D eigenvalue weighted by atomic mass is 10.1. The van der Waals surface area contributed by atoms with E-state index in [1.807, 2.05) is 13.0 Å². The van der Waals surface area contributed by atoms with Crippen molar-refractivity contribution in [2.75, 3.05) is 18.7 Å². The van der Waals surface area contributed by atoms with E-state index < -0.39 is 11.8 Å². The molecule has 1 fully saturated rings. The summed E-state index contributed by atoms with van der Waals surface area (Å²) in [6.45, 7) is 2.40. The highest BCUT2D eigenvalue weighted by Crippen LogP contribution is 2.29. The van der Waals surface area contributed by atoms with Crippen LogP contribution < -0.4 is 19.9 Å². The summed E-state index contributed by atoms with van der Waals surface area (Å²) in [6, 6.07) is 14.2. The molecule has 2 aromatic carbocycles. The molecule has 128 valence electrons. The van der Waals surface area contributed by atoms with Crippen LogP contribution in [0.15, 0.2) is 54.1 Å². The minimum atomic E-state index is -0.443. The van der Waals surface area contributed by atoms with Gasteiger partial charge in [0.1, 0.15) is 5.57 Å². The molecule has 1 saturated heterocycles. The first-order valence-corrected chi connectivity index (χ1v) is 7.87. The van der Waals surface area contributed by atoms with Gasteiger partial charge < -0.3 is 9.47 Å². The number of hydrazine groups is 1. The van der Waals surface area contributed by atoms with E-state index in [0.717, 1.165) is 0 Å². The topological polar surface area (TPSA) is 67.9 Å². The molecule has 0 saturated carbocycles. The van der Waals surface area contributed by atoms with Crippen LogP contribution in [0.4, 0.5) is 5.69 Å². The highest BCUT2D eigenvalue weighted by molar-refractivity contribution is 6.31. The van der Waals surface area contributed by atoms with E-state index in [1.54, 1.807) is 55.7 Å². The van der Waals surface area contributed by atoms with Crippen molar-refractivity contribution in [2.24, 2.45) is 0 Å². The molecule has 0 unspecified atom stereocenters. The van der Waals surface area contributed by atoms with Gasteiger partial charge in [0.05, 0.1) is 19.4 Å². The quantitative estimate of drug-likeness (QED) is 0.672. The fourth-order valence-corrected chi connectivity index (χ4v) is 2.53. The summed E-state index contributed by atoms with van der Waals surface area (Å²) in [4.78, 5) is 24.8. The lowest BCUT2D eigenvalue weighted by Crippen LogP contribution is -2.35. The Morgan fingerprint density at radius 2 is 1.84 bits per heavy atom. The number of nitrogens with zero attached hydrogens (tertiary/aromatic N) is 1. The molecule has 25 heavy (non-hydrogen) atoms. The zero-order valence-corrected chi connectivity index (χ0v) is 14.0. The second-order valence-corrected chi connectivity index (χ2v) is 5.32. The van der Waals surface area contributed by atoms with Crippen LogP contribution >= 0.6 is 0 Å². The molecule has 0 aromatic heterocycles. The van der Waals surface area contributed by atoms with Crippen molar-refractivity contribution in [1.29, 1.82) is 0 Å². The van der Waals surface area contributed by atoms with Crippen LogP contribution in [0.3, 0.4) is 0 Å². The summed E-state index contributed by atoms with van der Waals surface area (Å²) in [6.07, 6.45) is 1.54. The molecule has 2 aromatic rings. The molecule has 1 heterocycles.